The highest BCUT2D eigenvalue weighted by molar-refractivity contribution is 5.18. The molecular formula is C15H19N3O. The molecule has 0 spiro atoms. The van der Waals surface area contributed by atoms with E-state index in [0.29, 0.717) is 17.2 Å². The van der Waals surface area contributed by atoms with E-state index in [-0.39, 0.29) is 6.04 Å². The number of aromatic nitrogens is 2. The molecule has 2 atom stereocenters. The SMILES string of the molecule is CC1(C)CC1c1noc([C@H](N)Cc2ccccc2)n1. The van der Waals surface area contributed by atoms with E-state index >= 15 is 0 Å². The van der Waals surface area contributed by atoms with Gasteiger partial charge < -0.3 is 10.3 Å². The summed E-state index contributed by atoms with van der Waals surface area (Å²) in [6, 6.07) is 9.89. The zero-order valence-corrected chi connectivity index (χ0v) is 11.3. The van der Waals surface area contributed by atoms with Gasteiger partial charge in [0.2, 0.25) is 5.89 Å². The number of nitrogens with two attached hydrogens (primary N) is 1. The van der Waals surface area contributed by atoms with E-state index in [0.717, 1.165) is 18.7 Å². The maximum Gasteiger partial charge on any atom is 0.243 e. The standard InChI is InChI=1S/C15H19N3O/c1-15(2)9-11(15)13-17-14(19-18-13)12(16)8-10-6-4-3-5-7-10/h3-7,11-12H,8-9,16H2,1-2H3/t11?,12-/m1/s1. The molecule has 19 heavy (non-hydrogen) atoms. The molecule has 3 rings (SSSR count). The lowest BCUT2D eigenvalue weighted by molar-refractivity contribution is 0.349. The van der Waals surface area contributed by atoms with Crippen molar-refractivity contribution in [3.05, 3.63) is 47.6 Å². The average Bonchev–Trinajstić information content (AvgIpc) is 2.83. The normalized spacial score (nSPS) is 22.2. The summed E-state index contributed by atoms with van der Waals surface area (Å²) in [4.78, 5) is 4.46. The number of hydrogen-bond donors (Lipinski definition) is 1. The van der Waals surface area contributed by atoms with Gasteiger partial charge in [0.05, 0.1) is 6.04 Å². The van der Waals surface area contributed by atoms with Crippen LogP contribution >= 0.6 is 0 Å². The molecule has 1 fully saturated rings. The second-order valence-electron chi connectivity index (χ2n) is 6.03. The van der Waals surface area contributed by atoms with Crippen molar-refractivity contribution in [2.24, 2.45) is 11.1 Å². The van der Waals surface area contributed by atoms with E-state index in [9.17, 15) is 0 Å². The highest BCUT2D eigenvalue weighted by Crippen LogP contribution is 2.57. The number of rotatable bonds is 4. The van der Waals surface area contributed by atoms with Crippen LogP contribution in [0.3, 0.4) is 0 Å². The molecule has 4 nitrogen and oxygen atoms in total. The molecule has 1 heterocycles. The van der Waals surface area contributed by atoms with Crippen molar-refractivity contribution in [1.82, 2.24) is 10.1 Å². The Morgan fingerprint density at radius 3 is 2.68 bits per heavy atom. The van der Waals surface area contributed by atoms with Crippen molar-refractivity contribution >= 4 is 0 Å². The zero-order chi connectivity index (χ0) is 13.5. The van der Waals surface area contributed by atoms with Crippen LogP contribution in [0.25, 0.3) is 0 Å². The maximum absolute atomic E-state index is 6.13. The molecule has 1 saturated carbocycles. The molecule has 1 aromatic heterocycles. The third kappa shape index (κ3) is 2.54. The molecule has 2 aromatic rings. The Morgan fingerprint density at radius 2 is 2.05 bits per heavy atom. The summed E-state index contributed by atoms with van der Waals surface area (Å²) in [5.41, 5.74) is 7.62. The number of nitrogens with zero attached hydrogens (tertiary/aromatic N) is 2. The van der Waals surface area contributed by atoms with Gasteiger partial charge in [-0.15, -0.1) is 0 Å². The lowest BCUT2D eigenvalue weighted by Gasteiger charge is -2.06. The second kappa shape index (κ2) is 4.46. The van der Waals surface area contributed by atoms with Crippen molar-refractivity contribution in [3.63, 3.8) is 0 Å². The van der Waals surface area contributed by atoms with Gasteiger partial charge in [0.25, 0.3) is 0 Å². The fourth-order valence-electron chi connectivity index (χ4n) is 2.40. The van der Waals surface area contributed by atoms with Crippen molar-refractivity contribution in [2.75, 3.05) is 0 Å². The van der Waals surface area contributed by atoms with E-state index in [2.05, 4.69) is 36.1 Å². The van der Waals surface area contributed by atoms with Crippen LogP contribution in [0.2, 0.25) is 0 Å². The van der Waals surface area contributed by atoms with Crippen molar-refractivity contribution in [1.29, 1.82) is 0 Å². The highest BCUT2D eigenvalue weighted by atomic mass is 16.5. The summed E-state index contributed by atoms with van der Waals surface area (Å²) in [5, 5.41) is 4.07. The van der Waals surface area contributed by atoms with Crippen LogP contribution in [0.1, 0.15) is 49.5 Å². The molecule has 2 N–H and O–H groups in total. The summed E-state index contributed by atoms with van der Waals surface area (Å²) in [6.45, 7) is 4.44. The monoisotopic (exact) mass is 257 g/mol. The van der Waals surface area contributed by atoms with Gasteiger partial charge in [-0.3, -0.25) is 0 Å². The van der Waals surface area contributed by atoms with Crippen LogP contribution in [-0.4, -0.2) is 10.1 Å². The molecule has 0 bridgehead atoms. The van der Waals surface area contributed by atoms with E-state index in [1.165, 1.54) is 5.56 Å². The predicted molar refractivity (Wildman–Crippen MR) is 72.5 cm³/mol. The molecule has 100 valence electrons. The largest absolute Gasteiger partial charge is 0.338 e. The molecule has 1 unspecified atom stereocenters. The summed E-state index contributed by atoms with van der Waals surface area (Å²) in [5.74, 6) is 1.78. The molecule has 4 heteroatoms. The highest BCUT2D eigenvalue weighted by Gasteiger charge is 2.49. The average molecular weight is 257 g/mol. The van der Waals surface area contributed by atoms with Crippen LogP contribution in [0, 0.1) is 5.41 Å². The molecular weight excluding hydrogens is 238 g/mol. The Hall–Kier alpha value is -1.68. The van der Waals surface area contributed by atoms with Crippen LogP contribution in [-0.2, 0) is 6.42 Å². The number of hydrogen-bond acceptors (Lipinski definition) is 4. The van der Waals surface area contributed by atoms with Gasteiger partial charge in [-0.05, 0) is 23.8 Å². The molecule has 1 aromatic carbocycles. The van der Waals surface area contributed by atoms with Crippen molar-refractivity contribution in [3.8, 4) is 0 Å². The van der Waals surface area contributed by atoms with Crippen molar-refractivity contribution in [2.45, 2.75) is 38.6 Å². The Bertz CT molecular complexity index is 562. The first-order chi connectivity index (χ1) is 9.06. The third-order valence-corrected chi connectivity index (χ3v) is 3.90. The summed E-state index contributed by atoms with van der Waals surface area (Å²) in [7, 11) is 0. The van der Waals surface area contributed by atoms with Crippen LogP contribution in [0.4, 0.5) is 0 Å². The lowest BCUT2D eigenvalue weighted by Crippen LogP contribution is -2.13. The smallest absolute Gasteiger partial charge is 0.243 e. The Kier molecular flexibility index (Phi) is 2.90. The minimum Gasteiger partial charge on any atom is -0.338 e. The fourth-order valence-corrected chi connectivity index (χ4v) is 2.40. The van der Waals surface area contributed by atoms with Crippen molar-refractivity contribution < 1.29 is 4.52 Å². The van der Waals surface area contributed by atoms with E-state index in [1.54, 1.807) is 0 Å². The summed E-state index contributed by atoms with van der Waals surface area (Å²) in [6.07, 6.45) is 1.84. The van der Waals surface area contributed by atoms with Gasteiger partial charge in [-0.1, -0.05) is 49.3 Å². The molecule has 1 aliphatic rings. The van der Waals surface area contributed by atoms with E-state index in [4.69, 9.17) is 10.3 Å². The van der Waals surface area contributed by atoms with Crippen LogP contribution in [0.15, 0.2) is 34.9 Å². The fraction of sp³-hybridized carbons (Fsp3) is 0.467. The topological polar surface area (TPSA) is 64.9 Å². The minimum absolute atomic E-state index is 0.231. The molecule has 0 amide bonds. The summed E-state index contributed by atoms with van der Waals surface area (Å²) < 4.78 is 5.31. The van der Waals surface area contributed by atoms with Gasteiger partial charge in [-0.2, -0.15) is 4.98 Å². The molecule has 0 radical (unpaired) electrons. The van der Waals surface area contributed by atoms with Gasteiger partial charge in [0, 0.05) is 5.92 Å². The first-order valence-corrected chi connectivity index (χ1v) is 6.69. The van der Waals surface area contributed by atoms with E-state index < -0.39 is 0 Å². The van der Waals surface area contributed by atoms with Gasteiger partial charge in [-0.25, -0.2) is 0 Å². The second-order valence-corrected chi connectivity index (χ2v) is 6.03. The quantitative estimate of drug-likeness (QED) is 0.914. The van der Waals surface area contributed by atoms with Crippen LogP contribution < -0.4 is 5.73 Å². The maximum atomic E-state index is 6.13. The molecule has 0 saturated heterocycles. The predicted octanol–water partition coefficient (Wildman–Crippen LogP) is 2.83. The zero-order valence-electron chi connectivity index (χ0n) is 11.3. The minimum atomic E-state index is -0.231. The van der Waals surface area contributed by atoms with E-state index in [1.807, 2.05) is 18.2 Å². The van der Waals surface area contributed by atoms with Gasteiger partial charge in [0.15, 0.2) is 5.82 Å². The Labute approximate surface area is 113 Å². The first kappa shape index (κ1) is 12.4. The van der Waals surface area contributed by atoms with Gasteiger partial charge >= 0.3 is 0 Å². The Morgan fingerprint density at radius 1 is 1.37 bits per heavy atom. The molecule has 0 aliphatic heterocycles. The molecule has 1 aliphatic carbocycles. The summed E-state index contributed by atoms with van der Waals surface area (Å²) >= 11 is 0. The first-order valence-electron chi connectivity index (χ1n) is 6.69. The van der Waals surface area contributed by atoms with Crippen LogP contribution in [0.5, 0.6) is 0 Å². The Balaban J connectivity index is 1.69. The number of benzene rings is 1. The lowest BCUT2D eigenvalue weighted by atomic mass is 10.1. The third-order valence-electron chi connectivity index (χ3n) is 3.90. The van der Waals surface area contributed by atoms with Gasteiger partial charge in [0.1, 0.15) is 0 Å².